The molecular weight excluding hydrogens is 280 g/mol. The van der Waals surface area contributed by atoms with Gasteiger partial charge in [0.1, 0.15) is 5.54 Å². The summed E-state index contributed by atoms with van der Waals surface area (Å²) in [5.41, 5.74) is 0.156. The van der Waals surface area contributed by atoms with Crippen molar-refractivity contribution in [3.8, 4) is 17.4 Å². The van der Waals surface area contributed by atoms with Gasteiger partial charge in [-0.2, -0.15) is 5.26 Å². The number of nitriles is 1. The first-order chi connectivity index (χ1) is 10.7. The summed E-state index contributed by atoms with van der Waals surface area (Å²) in [7, 11) is 0. The van der Waals surface area contributed by atoms with E-state index in [0.717, 1.165) is 24.8 Å². The predicted molar refractivity (Wildman–Crippen MR) is 78.6 cm³/mol. The molecule has 112 valence electrons. The summed E-state index contributed by atoms with van der Waals surface area (Å²) in [6.07, 6.45) is 7.67. The number of pyridine rings is 1. The van der Waals surface area contributed by atoms with E-state index in [-0.39, 0.29) is 11.6 Å². The van der Waals surface area contributed by atoms with Crippen molar-refractivity contribution in [2.24, 2.45) is 0 Å². The molecule has 1 aliphatic carbocycles. The van der Waals surface area contributed by atoms with Crippen molar-refractivity contribution in [2.75, 3.05) is 0 Å². The molecule has 2 aromatic heterocycles. The first kappa shape index (κ1) is 14.3. The summed E-state index contributed by atoms with van der Waals surface area (Å²) in [6.45, 7) is 0. The Morgan fingerprint density at radius 1 is 1.36 bits per heavy atom. The number of hydrogen-bond donors (Lipinski definition) is 1. The van der Waals surface area contributed by atoms with Crippen LogP contribution in [-0.4, -0.2) is 21.6 Å². The van der Waals surface area contributed by atoms with E-state index in [1.807, 2.05) is 6.07 Å². The summed E-state index contributed by atoms with van der Waals surface area (Å²) in [4.78, 5) is 16.3. The molecule has 0 spiro atoms. The zero-order valence-corrected chi connectivity index (χ0v) is 12.1. The minimum atomic E-state index is -0.775. The van der Waals surface area contributed by atoms with E-state index in [1.165, 1.54) is 0 Å². The predicted octanol–water partition coefficient (Wildman–Crippen LogP) is 2.69. The lowest BCUT2D eigenvalue weighted by Gasteiger charge is -2.31. The van der Waals surface area contributed by atoms with Gasteiger partial charge in [-0.3, -0.25) is 9.78 Å². The monoisotopic (exact) mass is 296 g/mol. The molecule has 0 atom stereocenters. The molecule has 2 heterocycles. The Labute approximate surface area is 128 Å². The van der Waals surface area contributed by atoms with Gasteiger partial charge in [-0.05, 0) is 25.0 Å². The summed E-state index contributed by atoms with van der Waals surface area (Å²) < 4.78 is 5.19. The van der Waals surface area contributed by atoms with E-state index in [4.69, 9.17) is 4.52 Å². The second-order valence-electron chi connectivity index (χ2n) is 5.53. The number of amides is 1. The Kier molecular flexibility index (Phi) is 3.88. The van der Waals surface area contributed by atoms with Gasteiger partial charge in [0.2, 0.25) is 0 Å². The van der Waals surface area contributed by atoms with Crippen LogP contribution < -0.4 is 5.32 Å². The third kappa shape index (κ3) is 2.84. The first-order valence-electron chi connectivity index (χ1n) is 7.33. The molecule has 2 aromatic rings. The van der Waals surface area contributed by atoms with Crippen LogP contribution in [0.2, 0.25) is 0 Å². The van der Waals surface area contributed by atoms with Crippen LogP contribution in [-0.2, 0) is 0 Å². The van der Waals surface area contributed by atoms with E-state index in [1.54, 1.807) is 24.5 Å². The highest BCUT2D eigenvalue weighted by atomic mass is 16.5. The maximum absolute atomic E-state index is 12.3. The zero-order valence-electron chi connectivity index (χ0n) is 12.1. The van der Waals surface area contributed by atoms with Gasteiger partial charge in [0.25, 0.3) is 5.91 Å². The molecule has 1 saturated carbocycles. The van der Waals surface area contributed by atoms with Crippen LogP contribution in [0, 0.1) is 11.3 Å². The standard InChI is InChI=1S/C16H16N4O2/c17-11-16(6-2-1-3-7-16)19-15(21)13-9-14(22-20-13)12-5-4-8-18-10-12/h4-5,8-10H,1-3,6-7H2,(H,19,21). The van der Waals surface area contributed by atoms with Crippen molar-refractivity contribution in [3.63, 3.8) is 0 Å². The summed E-state index contributed by atoms with van der Waals surface area (Å²) >= 11 is 0. The van der Waals surface area contributed by atoms with Crippen molar-refractivity contribution < 1.29 is 9.32 Å². The van der Waals surface area contributed by atoms with Crippen molar-refractivity contribution in [2.45, 2.75) is 37.6 Å². The maximum atomic E-state index is 12.3. The first-order valence-corrected chi connectivity index (χ1v) is 7.33. The second-order valence-corrected chi connectivity index (χ2v) is 5.53. The molecule has 1 amide bonds. The van der Waals surface area contributed by atoms with Crippen LogP contribution in [0.1, 0.15) is 42.6 Å². The smallest absolute Gasteiger partial charge is 0.274 e. The molecule has 0 aromatic carbocycles. The molecule has 3 rings (SSSR count). The van der Waals surface area contributed by atoms with E-state index in [2.05, 4.69) is 21.5 Å². The van der Waals surface area contributed by atoms with Crippen LogP contribution in [0.15, 0.2) is 35.1 Å². The Morgan fingerprint density at radius 3 is 2.86 bits per heavy atom. The number of hydrogen-bond acceptors (Lipinski definition) is 5. The van der Waals surface area contributed by atoms with Gasteiger partial charge in [0.15, 0.2) is 11.5 Å². The fourth-order valence-corrected chi connectivity index (χ4v) is 2.73. The summed E-state index contributed by atoms with van der Waals surface area (Å²) in [5, 5.41) is 16.0. The van der Waals surface area contributed by atoms with Crippen molar-refractivity contribution in [1.82, 2.24) is 15.5 Å². The number of carbonyl (C=O) groups is 1. The van der Waals surface area contributed by atoms with E-state index >= 15 is 0 Å². The highest BCUT2D eigenvalue weighted by molar-refractivity contribution is 5.93. The quantitative estimate of drug-likeness (QED) is 0.940. The molecule has 0 aliphatic heterocycles. The van der Waals surface area contributed by atoms with Gasteiger partial charge in [0, 0.05) is 24.0 Å². The highest BCUT2D eigenvalue weighted by Crippen LogP contribution is 2.28. The lowest BCUT2D eigenvalue weighted by Crippen LogP contribution is -2.48. The molecule has 1 fully saturated rings. The van der Waals surface area contributed by atoms with E-state index in [9.17, 15) is 10.1 Å². The van der Waals surface area contributed by atoms with Crippen molar-refractivity contribution >= 4 is 5.91 Å². The van der Waals surface area contributed by atoms with E-state index in [0.29, 0.717) is 18.6 Å². The Morgan fingerprint density at radius 2 is 2.18 bits per heavy atom. The van der Waals surface area contributed by atoms with Gasteiger partial charge in [0.05, 0.1) is 6.07 Å². The van der Waals surface area contributed by atoms with Crippen molar-refractivity contribution in [3.05, 3.63) is 36.3 Å². The number of nitrogens with one attached hydrogen (secondary N) is 1. The molecule has 6 heteroatoms. The van der Waals surface area contributed by atoms with Crippen LogP contribution in [0.5, 0.6) is 0 Å². The molecule has 1 N–H and O–H groups in total. The number of aromatic nitrogens is 2. The lowest BCUT2D eigenvalue weighted by molar-refractivity contribution is 0.0893. The third-order valence-corrected chi connectivity index (χ3v) is 3.96. The average Bonchev–Trinajstić information content (AvgIpc) is 3.07. The van der Waals surface area contributed by atoms with Gasteiger partial charge >= 0.3 is 0 Å². The maximum Gasteiger partial charge on any atom is 0.274 e. The Bertz CT molecular complexity index is 696. The lowest BCUT2D eigenvalue weighted by atomic mass is 9.83. The molecule has 1 aliphatic rings. The largest absolute Gasteiger partial charge is 0.355 e. The third-order valence-electron chi connectivity index (χ3n) is 3.96. The van der Waals surface area contributed by atoms with Crippen LogP contribution in [0.4, 0.5) is 0 Å². The highest BCUT2D eigenvalue weighted by Gasteiger charge is 2.34. The van der Waals surface area contributed by atoms with Crippen LogP contribution in [0.3, 0.4) is 0 Å². The summed E-state index contributed by atoms with van der Waals surface area (Å²) in [5.74, 6) is 0.107. The molecule has 22 heavy (non-hydrogen) atoms. The number of carbonyl (C=O) groups excluding carboxylic acids is 1. The Balaban J connectivity index is 1.76. The van der Waals surface area contributed by atoms with E-state index < -0.39 is 5.54 Å². The van der Waals surface area contributed by atoms with Crippen LogP contribution >= 0.6 is 0 Å². The number of rotatable bonds is 3. The van der Waals surface area contributed by atoms with Gasteiger partial charge < -0.3 is 9.84 Å². The van der Waals surface area contributed by atoms with Gasteiger partial charge in [-0.25, -0.2) is 0 Å². The second kappa shape index (κ2) is 5.98. The topological polar surface area (TPSA) is 91.8 Å². The molecule has 0 radical (unpaired) electrons. The SMILES string of the molecule is N#CC1(NC(=O)c2cc(-c3cccnc3)on2)CCCCC1. The molecule has 6 nitrogen and oxygen atoms in total. The Hall–Kier alpha value is -2.68. The van der Waals surface area contributed by atoms with Gasteiger partial charge in [-0.15, -0.1) is 0 Å². The minimum absolute atomic E-state index is 0.180. The fraction of sp³-hybridized carbons (Fsp3) is 0.375. The average molecular weight is 296 g/mol. The van der Waals surface area contributed by atoms with Crippen molar-refractivity contribution in [1.29, 1.82) is 5.26 Å². The molecule has 0 bridgehead atoms. The van der Waals surface area contributed by atoms with Crippen LogP contribution in [0.25, 0.3) is 11.3 Å². The minimum Gasteiger partial charge on any atom is -0.355 e. The molecule has 0 saturated heterocycles. The number of nitrogens with zero attached hydrogens (tertiary/aromatic N) is 3. The molecule has 0 unspecified atom stereocenters. The normalized spacial score (nSPS) is 16.7. The fourth-order valence-electron chi connectivity index (χ4n) is 2.73. The zero-order chi connectivity index (χ0) is 15.4. The molecular formula is C16H16N4O2. The summed E-state index contributed by atoms with van der Waals surface area (Å²) in [6, 6.07) is 7.43. The van der Waals surface area contributed by atoms with Gasteiger partial charge in [-0.1, -0.05) is 24.4 Å².